The molecule has 0 spiro atoms. The lowest BCUT2D eigenvalue weighted by molar-refractivity contribution is 0.280. The summed E-state index contributed by atoms with van der Waals surface area (Å²) in [5.74, 6) is -0.461. The summed E-state index contributed by atoms with van der Waals surface area (Å²) in [5, 5.41) is 17.8. The van der Waals surface area contributed by atoms with Crippen molar-refractivity contribution in [1.82, 2.24) is 19.7 Å². The Morgan fingerprint density at radius 2 is 1.31 bits per heavy atom. The van der Waals surface area contributed by atoms with Crippen LogP contribution in [0.4, 0.5) is 0 Å². The Hall–Kier alpha value is -6.11. The zero-order valence-electron chi connectivity index (χ0n) is 27.0. The van der Waals surface area contributed by atoms with Crippen LogP contribution in [-0.2, 0) is 5.54 Å². The molecule has 0 aliphatic carbocycles. The van der Waals surface area contributed by atoms with Crippen LogP contribution in [-0.4, -0.2) is 31.5 Å². The fourth-order valence-corrected chi connectivity index (χ4v) is 7.23. The molecular formula is C43H34N4O2. The van der Waals surface area contributed by atoms with Crippen molar-refractivity contribution >= 4 is 21.8 Å². The molecule has 0 saturated carbocycles. The highest BCUT2D eigenvalue weighted by atomic mass is 16.3. The first-order valence-electron chi connectivity index (χ1n) is 16.4. The van der Waals surface area contributed by atoms with Gasteiger partial charge in [0.05, 0.1) is 17.6 Å². The Morgan fingerprint density at radius 1 is 0.735 bits per heavy atom. The molecule has 0 aliphatic rings. The molecule has 8 rings (SSSR count). The maximum atomic E-state index is 13.8. The minimum Gasteiger partial charge on any atom is -0.395 e. The molecule has 0 saturated heterocycles. The first-order valence-corrected chi connectivity index (χ1v) is 16.4. The molecule has 1 atom stereocenters. The maximum absolute atomic E-state index is 13.8. The lowest BCUT2D eigenvalue weighted by Crippen LogP contribution is -2.38. The van der Waals surface area contributed by atoms with Gasteiger partial charge in [-0.1, -0.05) is 121 Å². The van der Waals surface area contributed by atoms with E-state index in [-0.39, 0.29) is 12.2 Å². The van der Waals surface area contributed by atoms with Crippen LogP contribution in [0.15, 0.2) is 163 Å². The van der Waals surface area contributed by atoms with E-state index in [0.717, 1.165) is 55.5 Å². The first-order chi connectivity index (χ1) is 24.1. The molecule has 3 heterocycles. The highest BCUT2D eigenvalue weighted by molar-refractivity contribution is 6.02. The van der Waals surface area contributed by atoms with Gasteiger partial charge in [-0.2, -0.15) is 5.10 Å². The normalized spacial score (nSPS) is 12.4. The standard InChI is InChI=1S/C43H34N4O2/c1-29-24-31(22-23-44-29)41-37-26-32-25-36(38(28-48)30-14-6-2-7-15-30)42(49)45-39(32)27-40(37)47(46-41)43(33-16-8-3-9-17-33,34-18-10-4-11-19-34)35-20-12-5-13-21-35/h2-27,38,48H,28H2,1H3,(H,45,49). The number of rotatable bonds is 8. The second-order valence-corrected chi connectivity index (χ2v) is 12.4. The minimum atomic E-state index is -0.869. The lowest BCUT2D eigenvalue weighted by Gasteiger charge is -2.37. The van der Waals surface area contributed by atoms with Crippen molar-refractivity contribution in [2.24, 2.45) is 0 Å². The number of aromatic amines is 1. The molecule has 1 unspecified atom stereocenters. The Balaban J connectivity index is 1.49. The van der Waals surface area contributed by atoms with Gasteiger partial charge in [0.1, 0.15) is 11.2 Å². The van der Waals surface area contributed by atoms with Crippen molar-refractivity contribution in [3.05, 3.63) is 202 Å². The number of hydrogen-bond acceptors (Lipinski definition) is 4. The van der Waals surface area contributed by atoms with E-state index in [1.807, 2.05) is 79.9 Å². The number of aromatic nitrogens is 4. The summed E-state index contributed by atoms with van der Waals surface area (Å²) in [4.78, 5) is 21.4. The van der Waals surface area contributed by atoms with Crippen LogP contribution in [0.3, 0.4) is 0 Å². The third-order valence-electron chi connectivity index (χ3n) is 9.49. The van der Waals surface area contributed by atoms with Crippen molar-refractivity contribution in [3.8, 4) is 11.3 Å². The van der Waals surface area contributed by atoms with E-state index < -0.39 is 11.5 Å². The average Bonchev–Trinajstić information content (AvgIpc) is 3.52. The third-order valence-corrected chi connectivity index (χ3v) is 9.49. The van der Waals surface area contributed by atoms with E-state index in [4.69, 9.17) is 5.10 Å². The van der Waals surface area contributed by atoms with Gasteiger partial charge in [-0.25, -0.2) is 4.68 Å². The van der Waals surface area contributed by atoms with Gasteiger partial charge in [-0.3, -0.25) is 9.78 Å². The topological polar surface area (TPSA) is 83.8 Å². The van der Waals surface area contributed by atoms with Gasteiger partial charge in [0.15, 0.2) is 0 Å². The number of aryl methyl sites for hydroxylation is 1. The van der Waals surface area contributed by atoms with Gasteiger partial charge in [-0.05, 0) is 64.9 Å². The molecule has 238 valence electrons. The number of pyridine rings is 2. The van der Waals surface area contributed by atoms with Gasteiger partial charge >= 0.3 is 0 Å². The van der Waals surface area contributed by atoms with Crippen LogP contribution in [0, 0.1) is 6.92 Å². The molecule has 2 N–H and O–H groups in total. The van der Waals surface area contributed by atoms with Crippen molar-refractivity contribution in [2.45, 2.75) is 18.4 Å². The van der Waals surface area contributed by atoms with Gasteiger partial charge in [-0.15, -0.1) is 0 Å². The summed E-state index contributed by atoms with van der Waals surface area (Å²) < 4.78 is 2.12. The summed E-state index contributed by atoms with van der Waals surface area (Å²) in [6.07, 6.45) is 1.82. The molecule has 0 bridgehead atoms. The average molecular weight is 639 g/mol. The van der Waals surface area contributed by atoms with E-state index >= 15 is 0 Å². The molecule has 49 heavy (non-hydrogen) atoms. The number of aliphatic hydroxyl groups is 1. The van der Waals surface area contributed by atoms with Crippen LogP contribution >= 0.6 is 0 Å². The van der Waals surface area contributed by atoms with E-state index in [1.165, 1.54) is 0 Å². The Kier molecular flexibility index (Phi) is 7.71. The smallest absolute Gasteiger partial charge is 0.252 e. The zero-order chi connectivity index (χ0) is 33.4. The molecule has 0 aliphatic heterocycles. The molecule has 0 radical (unpaired) electrons. The first kappa shape index (κ1) is 30.2. The van der Waals surface area contributed by atoms with Crippen molar-refractivity contribution in [3.63, 3.8) is 0 Å². The van der Waals surface area contributed by atoms with E-state index in [9.17, 15) is 9.90 Å². The molecule has 5 aromatic carbocycles. The number of hydrogen-bond donors (Lipinski definition) is 2. The van der Waals surface area contributed by atoms with Crippen LogP contribution in [0.25, 0.3) is 33.1 Å². The molecule has 8 aromatic rings. The maximum Gasteiger partial charge on any atom is 0.252 e. The van der Waals surface area contributed by atoms with E-state index in [2.05, 4.69) is 99.6 Å². The molecule has 0 amide bonds. The molecule has 6 heteroatoms. The molecular weight excluding hydrogens is 604 g/mol. The van der Waals surface area contributed by atoms with E-state index in [1.54, 1.807) is 0 Å². The predicted octanol–water partition coefficient (Wildman–Crippen LogP) is 8.21. The summed E-state index contributed by atoms with van der Waals surface area (Å²) in [5.41, 5.74) is 7.64. The second kappa shape index (κ2) is 12.5. The van der Waals surface area contributed by atoms with Gasteiger partial charge in [0, 0.05) is 34.3 Å². The number of nitrogens with one attached hydrogen (secondary N) is 1. The van der Waals surface area contributed by atoms with Crippen LogP contribution in [0.5, 0.6) is 0 Å². The Morgan fingerprint density at radius 3 is 1.86 bits per heavy atom. The highest BCUT2D eigenvalue weighted by Crippen LogP contribution is 2.44. The predicted molar refractivity (Wildman–Crippen MR) is 196 cm³/mol. The third kappa shape index (κ3) is 5.14. The fourth-order valence-electron chi connectivity index (χ4n) is 7.23. The largest absolute Gasteiger partial charge is 0.395 e. The molecule has 0 fully saturated rings. The number of aliphatic hydroxyl groups excluding tert-OH is 1. The van der Waals surface area contributed by atoms with Crippen molar-refractivity contribution < 1.29 is 5.11 Å². The molecule has 3 aromatic heterocycles. The highest BCUT2D eigenvalue weighted by Gasteiger charge is 2.41. The van der Waals surface area contributed by atoms with Gasteiger partial charge in [0.2, 0.25) is 0 Å². The zero-order valence-corrected chi connectivity index (χ0v) is 27.0. The van der Waals surface area contributed by atoms with Crippen LogP contribution in [0.1, 0.15) is 39.4 Å². The SMILES string of the molecule is Cc1cc(-c2nn(C(c3ccccc3)(c3ccccc3)c3ccccc3)c3cc4[nH]c(=O)c(C(CO)c5ccccc5)cc4cc23)ccn1. The Labute approximate surface area is 284 Å². The molecule has 6 nitrogen and oxygen atoms in total. The summed E-state index contributed by atoms with van der Waals surface area (Å²) >= 11 is 0. The monoisotopic (exact) mass is 638 g/mol. The van der Waals surface area contributed by atoms with E-state index in [0.29, 0.717) is 11.1 Å². The number of benzene rings is 5. The van der Waals surface area contributed by atoms with Crippen molar-refractivity contribution in [2.75, 3.05) is 6.61 Å². The van der Waals surface area contributed by atoms with Gasteiger partial charge < -0.3 is 10.1 Å². The minimum absolute atomic E-state index is 0.186. The number of H-pyrrole nitrogens is 1. The summed E-state index contributed by atoms with van der Waals surface area (Å²) in [6, 6.07) is 51.2. The summed E-state index contributed by atoms with van der Waals surface area (Å²) in [6.45, 7) is 1.80. The van der Waals surface area contributed by atoms with Crippen molar-refractivity contribution in [1.29, 1.82) is 0 Å². The Bertz CT molecular complexity index is 2360. The van der Waals surface area contributed by atoms with Crippen LogP contribution < -0.4 is 5.56 Å². The lowest BCUT2D eigenvalue weighted by atomic mass is 9.77. The summed E-state index contributed by atoms with van der Waals surface area (Å²) in [7, 11) is 0. The van der Waals surface area contributed by atoms with Crippen LogP contribution in [0.2, 0.25) is 0 Å². The number of fused-ring (bicyclic) bond motifs is 2. The second-order valence-electron chi connectivity index (χ2n) is 12.4. The van der Waals surface area contributed by atoms with Gasteiger partial charge in [0.25, 0.3) is 5.56 Å². The number of nitrogens with zero attached hydrogens (tertiary/aromatic N) is 3. The fraction of sp³-hybridized carbons (Fsp3) is 0.0930. The quantitative estimate of drug-likeness (QED) is 0.164.